The molecule has 1 amide bonds. The first kappa shape index (κ1) is 22.0. The molecule has 0 unspecified atom stereocenters. The van der Waals surface area contributed by atoms with Crippen LogP contribution in [0.25, 0.3) is 0 Å². The van der Waals surface area contributed by atoms with E-state index in [4.69, 9.17) is 9.47 Å². The highest BCUT2D eigenvalue weighted by atomic mass is 79.9. The predicted octanol–water partition coefficient (Wildman–Crippen LogP) is 4.17. The summed E-state index contributed by atoms with van der Waals surface area (Å²) in [6, 6.07) is 4.08. The second-order valence-electron chi connectivity index (χ2n) is 6.97. The largest absolute Gasteiger partial charge is 0.490 e. The van der Waals surface area contributed by atoms with Gasteiger partial charge in [0.15, 0.2) is 11.5 Å². The maximum atomic E-state index is 12.5. The second-order valence-corrected chi connectivity index (χ2v) is 7.82. The molecule has 1 aromatic carbocycles. The van der Waals surface area contributed by atoms with Crippen molar-refractivity contribution in [2.45, 2.75) is 58.9 Å². The molecule has 0 atom stereocenters. The van der Waals surface area contributed by atoms with Gasteiger partial charge in [0, 0.05) is 23.6 Å². The van der Waals surface area contributed by atoms with Crippen LogP contribution in [0.3, 0.4) is 0 Å². The van der Waals surface area contributed by atoms with Crippen LogP contribution in [0.1, 0.15) is 52.0 Å². The minimum Gasteiger partial charge on any atom is -0.490 e. The molecule has 27 heavy (non-hydrogen) atoms. The Kier molecular flexibility index (Phi) is 9.42. The molecule has 0 saturated carbocycles. The molecule has 0 radical (unpaired) electrons. The summed E-state index contributed by atoms with van der Waals surface area (Å²) in [6.45, 7) is 10.6. The normalized spacial score (nSPS) is 15.6. The maximum absolute atomic E-state index is 12.5. The Labute approximate surface area is 171 Å². The highest BCUT2D eigenvalue weighted by Crippen LogP contribution is 2.34. The molecule has 1 heterocycles. The summed E-state index contributed by atoms with van der Waals surface area (Å²) in [4.78, 5) is 15.1. The van der Waals surface area contributed by atoms with E-state index in [9.17, 15) is 4.79 Å². The lowest BCUT2D eigenvalue weighted by atomic mass is 10.0. The number of benzene rings is 1. The van der Waals surface area contributed by atoms with E-state index in [0.717, 1.165) is 36.0 Å². The van der Waals surface area contributed by atoms with Gasteiger partial charge in [0.1, 0.15) is 0 Å². The second kappa shape index (κ2) is 11.5. The fraction of sp³-hybridized carbons (Fsp3) is 0.667. The number of piperidine rings is 1. The summed E-state index contributed by atoms with van der Waals surface area (Å²) in [5.74, 6) is 1.46. The summed E-state index contributed by atoms with van der Waals surface area (Å²) in [6.07, 6.45) is 4.89. The van der Waals surface area contributed by atoms with Gasteiger partial charge in [0.25, 0.3) is 0 Å². The number of unbranched alkanes of at least 4 members (excludes halogenated alkanes) is 1. The first-order valence-electron chi connectivity index (χ1n) is 10.2. The van der Waals surface area contributed by atoms with Gasteiger partial charge in [-0.25, -0.2) is 0 Å². The topological polar surface area (TPSA) is 50.8 Å². The average Bonchev–Trinajstić information content (AvgIpc) is 2.65. The lowest BCUT2D eigenvalue weighted by Gasteiger charge is -2.32. The Morgan fingerprint density at radius 3 is 2.37 bits per heavy atom. The van der Waals surface area contributed by atoms with E-state index in [-0.39, 0.29) is 11.9 Å². The van der Waals surface area contributed by atoms with Crippen molar-refractivity contribution in [2.24, 2.45) is 0 Å². The molecule has 1 saturated heterocycles. The van der Waals surface area contributed by atoms with Gasteiger partial charge >= 0.3 is 0 Å². The van der Waals surface area contributed by atoms with E-state index in [1.165, 1.54) is 19.4 Å². The van der Waals surface area contributed by atoms with Crippen molar-refractivity contribution in [1.29, 1.82) is 0 Å². The fourth-order valence-corrected chi connectivity index (χ4v) is 3.85. The Hall–Kier alpha value is -1.27. The summed E-state index contributed by atoms with van der Waals surface area (Å²) < 4.78 is 12.2. The van der Waals surface area contributed by atoms with Gasteiger partial charge in [-0.2, -0.15) is 0 Å². The molecule has 1 aliphatic heterocycles. The number of amides is 1. The number of halogens is 1. The number of hydrogen-bond acceptors (Lipinski definition) is 4. The third-order valence-corrected chi connectivity index (χ3v) is 5.58. The van der Waals surface area contributed by atoms with E-state index in [1.807, 2.05) is 26.0 Å². The highest BCUT2D eigenvalue weighted by Gasteiger charge is 2.21. The molecule has 1 fully saturated rings. The lowest BCUT2D eigenvalue weighted by Crippen LogP contribution is -2.45. The molecule has 5 nitrogen and oxygen atoms in total. The molecule has 1 aliphatic rings. The van der Waals surface area contributed by atoms with E-state index < -0.39 is 0 Å². The Morgan fingerprint density at radius 1 is 1.15 bits per heavy atom. The van der Waals surface area contributed by atoms with E-state index in [2.05, 4.69) is 33.1 Å². The summed E-state index contributed by atoms with van der Waals surface area (Å²) in [7, 11) is 0. The van der Waals surface area contributed by atoms with Crippen LogP contribution >= 0.6 is 15.9 Å². The monoisotopic (exact) mass is 440 g/mol. The van der Waals surface area contributed by atoms with Crippen molar-refractivity contribution >= 4 is 21.8 Å². The van der Waals surface area contributed by atoms with Gasteiger partial charge < -0.3 is 19.7 Å². The van der Waals surface area contributed by atoms with Gasteiger partial charge in [-0.1, -0.05) is 29.3 Å². The van der Waals surface area contributed by atoms with Crippen LogP contribution in [0.2, 0.25) is 0 Å². The first-order chi connectivity index (χ1) is 13.1. The van der Waals surface area contributed by atoms with Crippen molar-refractivity contribution in [1.82, 2.24) is 10.2 Å². The minimum atomic E-state index is 0.0642. The predicted molar refractivity (Wildman–Crippen MR) is 113 cm³/mol. The van der Waals surface area contributed by atoms with Crippen LogP contribution in [0.4, 0.5) is 0 Å². The van der Waals surface area contributed by atoms with Crippen molar-refractivity contribution in [3.05, 3.63) is 22.2 Å². The van der Waals surface area contributed by atoms with Gasteiger partial charge in [0.2, 0.25) is 5.91 Å². The number of ether oxygens (including phenoxy) is 2. The number of likely N-dealkylation sites (tertiary alicyclic amines) is 1. The Balaban J connectivity index is 1.91. The molecule has 0 aromatic heterocycles. The smallest absolute Gasteiger partial charge is 0.224 e. The van der Waals surface area contributed by atoms with Crippen molar-refractivity contribution in [3.8, 4) is 11.5 Å². The van der Waals surface area contributed by atoms with Crippen LogP contribution < -0.4 is 14.8 Å². The number of nitrogens with one attached hydrogen (secondary N) is 1. The van der Waals surface area contributed by atoms with Gasteiger partial charge in [-0.15, -0.1) is 0 Å². The third kappa shape index (κ3) is 7.00. The fourth-order valence-electron chi connectivity index (χ4n) is 3.38. The Morgan fingerprint density at radius 2 is 1.78 bits per heavy atom. The number of nitrogens with zero attached hydrogens (tertiary/aromatic N) is 1. The standard InChI is InChI=1S/C21H33BrN2O3/c1-4-7-10-24-11-8-17(9-12-24)23-21(25)14-16-13-19(26-5-2)20(27-6-3)15-18(16)22/h13,15,17H,4-12,14H2,1-3H3,(H,23,25). The van der Waals surface area contributed by atoms with Gasteiger partial charge in [0.05, 0.1) is 19.6 Å². The van der Waals surface area contributed by atoms with E-state index in [1.54, 1.807) is 0 Å². The maximum Gasteiger partial charge on any atom is 0.224 e. The molecular weight excluding hydrogens is 408 g/mol. The zero-order valence-electron chi connectivity index (χ0n) is 16.9. The zero-order valence-corrected chi connectivity index (χ0v) is 18.4. The van der Waals surface area contributed by atoms with Crippen molar-refractivity contribution < 1.29 is 14.3 Å². The molecule has 2 rings (SSSR count). The van der Waals surface area contributed by atoms with Crippen LogP contribution in [0.5, 0.6) is 11.5 Å². The average molecular weight is 441 g/mol. The molecular formula is C21H33BrN2O3. The summed E-state index contributed by atoms with van der Waals surface area (Å²) in [5.41, 5.74) is 0.916. The lowest BCUT2D eigenvalue weighted by molar-refractivity contribution is -0.121. The molecule has 0 bridgehead atoms. The number of carbonyl (C=O) groups excluding carboxylic acids is 1. The summed E-state index contributed by atoms with van der Waals surface area (Å²) in [5, 5.41) is 3.20. The number of carbonyl (C=O) groups is 1. The van der Waals surface area contributed by atoms with Gasteiger partial charge in [-0.05, 0) is 57.4 Å². The molecule has 0 spiro atoms. The van der Waals surface area contributed by atoms with Crippen LogP contribution in [0.15, 0.2) is 16.6 Å². The summed E-state index contributed by atoms with van der Waals surface area (Å²) >= 11 is 3.57. The number of rotatable bonds is 10. The molecule has 152 valence electrons. The number of hydrogen-bond donors (Lipinski definition) is 1. The van der Waals surface area contributed by atoms with Crippen molar-refractivity contribution in [3.63, 3.8) is 0 Å². The molecule has 6 heteroatoms. The third-order valence-electron chi connectivity index (χ3n) is 4.84. The molecule has 0 aliphatic carbocycles. The van der Waals surface area contributed by atoms with Gasteiger partial charge in [-0.3, -0.25) is 4.79 Å². The van der Waals surface area contributed by atoms with Crippen molar-refractivity contribution in [2.75, 3.05) is 32.8 Å². The SMILES string of the molecule is CCCCN1CCC(NC(=O)Cc2cc(OCC)c(OCC)cc2Br)CC1. The van der Waals surface area contributed by atoms with Crippen LogP contribution in [-0.4, -0.2) is 49.7 Å². The quantitative estimate of drug-likeness (QED) is 0.592. The van der Waals surface area contributed by atoms with Crippen LogP contribution in [-0.2, 0) is 11.2 Å². The molecule has 1 N–H and O–H groups in total. The zero-order chi connectivity index (χ0) is 19.6. The Bertz CT molecular complexity index is 601. The molecule has 1 aromatic rings. The highest BCUT2D eigenvalue weighted by molar-refractivity contribution is 9.10. The van der Waals surface area contributed by atoms with E-state index >= 15 is 0 Å². The van der Waals surface area contributed by atoms with Crippen LogP contribution in [0, 0.1) is 0 Å². The minimum absolute atomic E-state index is 0.0642. The first-order valence-corrected chi connectivity index (χ1v) is 11.0. The van der Waals surface area contributed by atoms with E-state index in [0.29, 0.717) is 31.1 Å².